The van der Waals surface area contributed by atoms with Crippen LogP contribution in [0, 0.1) is 17.8 Å². The highest BCUT2D eigenvalue weighted by molar-refractivity contribution is 5.02. The monoisotopic (exact) mass is 183 g/mol. The van der Waals surface area contributed by atoms with Crippen LogP contribution < -0.4 is 0 Å². The molecule has 1 heteroatoms. The van der Waals surface area contributed by atoms with Gasteiger partial charge in [0.15, 0.2) is 0 Å². The molecular weight excluding hydrogens is 158 g/mol. The second-order valence-electron chi connectivity index (χ2n) is 5.20. The van der Waals surface area contributed by atoms with Gasteiger partial charge in [-0.3, -0.25) is 0 Å². The molecule has 0 N–H and O–H groups in total. The van der Waals surface area contributed by atoms with Crippen molar-refractivity contribution in [3.63, 3.8) is 0 Å². The van der Waals surface area contributed by atoms with Crippen molar-refractivity contribution in [2.45, 2.75) is 46.1 Å². The summed E-state index contributed by atoms with van der Waals surface area (Å²) in [6.07, 6.45) is 4.21. The first-order valence-corrected chi connectivity index (χ1v) is 5.74. The minimum absolute atomic E-state index is 0.870. The third kappa shape index (κ3) is 2.70. The van der Waals surface area contributed by atoms with Gasteiger partial charge in [-0.2, -0.15) is 0 Å². The van der Waals surface area contributed by atoms with E-state index < -0.39 is 0 Å². The molecule has 0 amide bonds. The van der Waals surface area contributed by atoms with Gasteiger partial charge in [0.05, 0.1) is 0 Å². The van der Waals surface area contributed by atoms with Crippen molar-refractivity contribution in [3.05, 3.63) is 0 Å². The van der Waals surface area contributed by atoms with Crippen molar-refractivity contribution in [2.75, 3.05) is 14.1 Å². The Morgan fingerprint density at radius 1 is 1.15 bits per heavy atom. The van der Waals surface area contributed by atoms with Crippen LogP contribution in [-0.4, -0.2) is 25.0 Å². The second kappa shape index (κ2) is 4.45. The molecule has 0 saturated heterocycles. The van der Waals surface area contributed by atoms with Gasteiger partial charge in [-0.1, -0.05) is 27.2 Å². The SMILES string of the molecule is CCCC1C(CC(C)C)C1N(C)C. The fourth-order valence-corrected chi connectivity index (χ4v) is 2.77. The first-order valence-electron chi connectivity index (χ1n) is 5.74. The summed E-state index contributed by atoms with van der Waals surface area (Å²) in [6.45, 7) is 6.99. The molecule has 0 aromatic rings. The van der Waals surface area contributed by atoms with Crippen molar-refractivity contribution in [1.29, 1.82) is 0 Å². The fraction of sp³-hybridized carbons (Fsp3) is 1.00. The van der Waals surface area contributed by atoms with Crippen LogP contribution in [0.15, 0.2) is 0 Å². The van der Waals surface area contributed by atoms with E-state index in [-0.39, 0.29) is 0 Å². The Kier molecular flexibility index (Phi) is 3.78. The Balaban J connectivity index is 2.37. The van der Waals surface area contributed by atoms with Gasteiger partial charge in [0, 0.05) is 6.04 Å². The maximum Gasteiger partial charge on any atom is 0.0152 e. The maximum atomic E-state index is 2.42. The highest BCUT2D eigenvalue weighted by atomic mass is 15.1. The number of nitrogens with zero attached hydrogens (tertiary/aromatic N) is 1. The molecule has 1 fully saturated rings. The lowest BCUT2D eigenvalue weighted by atomic mass is 10.0. The average molecular weight is 183 g/mol. The van der Waals surface area contributed by atoms with E-state index >= 15 is 0 Å². The van der Waals surface area contributed by atoms with Crippen LogP contribution in [0.3, 0.4) is 0 Å². The van der Waals surface area contributed by atoms with Gasteiger partial charge in [0.1, 0.15) is 0 Å². The molecule has 0 spiro atoms. The van der Waals surface area contributed by atoms with Crippen molar-refractivity contribution in [3.8, 4) is 0 Å². The van der Waals surface area contributed by atoms with E-state index in [4.69, 9.17) is 0 Å². The predicted octanol–water partition coefficient (Wildman–Crippen LogP) is 3.01. The predicted molar refractivity (Wildman–Crippen MR) is 58.8 cm³/mol. The number of hydrogen-bond donors (Lipinski definition) is 0. The Morgan fingerprint density at radius 3 is 2.15 bits per heavy atom. The summed E-state index contributed by atoms with van der Waals surface area (Å²) < 4.78 is 0. The molecule has 1 aliphatic rings. The lowest BCUT2D eigenvalue weighted by Crippen LogP contribution is -2.17. The molecule has 1 aliphatic carbocycles. The van der Waals surface area contributed by atoms with Gasteiger partial charge >= 0.3 is 0 Å². The van der Waals surface area contributed by atoms with Crippen LogP contribution >= 0.6 is 0 Å². The zero-order chi connectivity index (χ0) is 10.0. The van der Waals surface area contributed by atoms with Gasteiger partial charge < -0.3 is 4.90 Å². The lowest BCUT2D eigenvalue weighted by Gasteiger charge is -2.09. The van der Waals surface area contributed by atoms with E-state index in [0.717, 1.165) is 23.8 Å². The molecule has 0 aromatic carbocycles. The van der Waals surface area contributed by atoms with Crippen LogP contribution in [0.2, 0.25) is 0 Å². The van der Waals surface area contributed by atoms with E-state index in [1.54, 1.807) is 0 Å². The molecule has 0 aliphatic heterocycles. The molecule has 1 nitrogen and oxygen atoms in total. The summed E-state index contributed by atoms with van der Waals surface area (Å²) in [6, 6.07) is 0.891. The van der Waals surface area contributed by atoms with Crippen LogP contribution in [0.1, 0.15) is 40.0 Å². The first kappa shape index (κ1) is 11.0. The number of hydrogen-bond acceptors (Lipinski definition) is 1. The van der Waals surface area contributed by atoms with Gasteiger partial charge in [0.2, 0.25) is 0 Å². The molecule has 0 heterocycles. The smallest absolute Gasteiger partial charge is 0.0152 e. The minimum atomic E-state index is 0.870. The van der Waals surface area contributed by atoms with Gasteiger partial charge in [0.25, 0.3) is 0 Å². The van der Waals surface area contributed by atoms with Crippen molar-refractivity contribution in [2.24, 2.45) is 17.8 Å². The molecule has 0 radical (unpaired) electrons. The quantitative estimate of drug-likeness (QED) is 0.633. The fourth-order valence-electron chi connectivity index (χ4n) is 2.77. The highest BCUT2D eigenvalue weighted by Gasteiger charge is 2.49. The lowest BCUT2D eigenvalue weighted by molar-refractivity contribution is 0.353. The molecule has 78 valence electrons. The largest absolute Gasteiger partial charge is 0.306 e. The molecule has 0 aromatic heterocycles. The first-order chi connectivity index (χ1) is 6.07. The third-order valence-corrected chi connectivity index (χ3v) is 3.25. The minimum Gasteiger partial charge on any atom is -0.306 e. The van der Waals surface area contributed by atoms with Crippen LogP contribution in [0.25, 0.3) is 0 Å². The summed E-state index contributed by atoms with van der Waals surface area (Å²) in [5, 5.41) is 0. The van der Waals surface area contributed by atoms with E-state index in [1.165, 1.54) is 19.3 Å². The maximum absolute atomic E-state index is 2.42. The van der Waals surface area contributed by atoms with Crippen molar-refractivity contribution < 1.29 is 0 Å². The van der Waals surface area contributed by atoms with E-state index in [1.807, 2.05) is 0 Å². The van der Waals surface area contributed by atoms with E-state index in [0.29, 0.717) is 0 Å². The summed E-state index contributed by atoms with van der Waals surface area (Å²) >= 11 is 0. The molecule has 13 heavy (non-hydrogen) atoms. The Labute approximate surface area is 83.5 Å². The van der Waals surface area contributed by atoms with E-state index in [9.17, 15) is 0 Å². The molecular formula is C12H25N. The molecule has 0 bridgehead atoms. The number of rotatable bonds is 5. The van der Waals surface area contributed by atoms with Gasteiger partial charge in [-0.15, -0.1) is 0 Å². The summed E-state index contributed by atoms with van der Waals surface area (Å²) in [4.78, 5) is 2.42. The highest BCUT2D eigenvalue weighted by Crippen LogP contribution is 2.48. The Morgan fingerprint density at radius 2 is 1.77 bits per heavy atom. The second-order valence-corrected chi connectivity index (χ2v) is 5.20. The molecule has 1 saturated carbocycles. The standard InChI is InChI=1S/C12H25N/c1-6-7-10-11(8-9(2)3)12(10)13(4)5/h9-12H,6-8H2,1-5H3. The average Bonchev–Trinajstić information content (AvgIpc) is 2.62. The van der Waals surface area contributed by atoms with Crippen molar-refractivity contribution in [1.82, 2.24) is 4.90 Å². The van der Waals surface area contributed by atoms with Gasteiger partial charge in [-0.05, 0) is 44.7 Å². The van der Waals surface area contributed by atoms with E-state index in [2.05, 4.69) is 39.8 Å². The van der Waals surface area contributed by atoms with Crippen LogP contribution in [0.4, 0.5) is 0 Å². The van der Waals surface area contributed by atoms with Gasteiger partial charge in [-0.25, -0.2) is 0 Å². The molecule has 1 rings (SSSR count). The van der Waals surface area contributed by atoms with Crippen LogP contribution in [-0.2, 0) is 0 Å². The zero-order valence-electron chi connectivity index (χ0n) is 9.88. The Hall–Kier alpha value is -0.0400. The topological polar surface area (TPSA) is 3.24 Å². The molecule has 3 atom stereocenters. The normalized spacial score (nSPS) is 33.0. The zero-order valence-corrected chi connectivity index (χ0v) is 9.88. The van der Waals surface area contributed by atoms with Crippen LogP contribution in [0.5, 0.6) is 0 Å². The summed E-state index contributed by atoms with van der Waals surface area (Å²) in [5.41, 5.74) is 0. The van der Waals surface area contributed by atoms with Crippen molar-refractivity contribution >= 4 is 0 Å². The Bertz CT molecular complexity index is 151. The summed E-state index contributed by atoms with van der Waals surface area (Å²) in [5.74, 6) is 2.87. The summed E-state index contributed by atoms with van der Waals surface area (Å²) in [7, 11) is 4.46. The molecule has 3 unspecified atom stereocenters. The third-order valence-electron chi connectivity index (χ3n) is 3.25.